The number of aromatic nitrogens is 2. The zero-order chi connectivity index (χ0) is 24.3. The number of para-hydroxylation sites is 4. The Labute approximate surface area is 206 Å². The van der Waals surface area contributed by atoms with Gasteiger partial charge in [-0.15, -0.1) is 0 Å². The molecule has 0 aliphatic carbocycles. The molecule has 1 N–H and O–H groups in total. The van der Waals surface area contributed by atoms with Gasteiger partial charge in [-0.1, -0.05) is 24.3 Å². The summed E-state index contributed by atoms with van der Waals surface area (Å²) < 4.78 is 23.0. The molecule has 0 amide bonds. The molecule has 0 bridgehead atoms. The third-order valence-electron chi connectivity index (χ3n) is 5.69. The Morgan fingerprint density at radius 3 is 1.42 bits per heavy atom. The van der Waals surface area contributed by atoms with Gasteiger partial charge in [-0.05, 0) is 72.8 Å². The van der Waals surface area contributed by atoms with Crippen molar-refractivity contribution in [3.63, 3.8) is 0 Å². The lowest BCUT2D eigenvalue weighted by atomic mass is 10.0. The SMILES string of the molecule is N=C(c1ccc(OCc2nc3ccccc3o2)cc1)c1ccc(OCc2nc3ccccc3o2)cc1. The summed E-state index contributed by atoms with van der Waals surface area (Å²) in [5.74, 6) is 2.39. The second-order valence-corrected chi connectivity index (χ2v) is 8.15. The predicted molar refractivity (Wildman–Crippen MR) is 135 cm³/mol. The number of hydrogen-bond acceptors (Lipinski definition) is 7. The lowest BCUT2D eigenvalue weighted by molar-refractivity contribution is 0.267. The standard InChI is InChI=1S/C29H21N3O4/c30-29(19-9-13-21(14-10-19)33-17-27-31-23-5-1-3-7-25(23)35-27)20-11-15-22(16-12-20)34-18-28-32-24-6-2-4-8-26(24)36-28/h1-16,30H,17-18H2. The van der Waals surface area contributed by atoms with Gasteiger partial charge in [-0.2, -0.15) is 0 Å². The first-order chi connectivity index (χ1) is 17.7. The molecule has 176 valence electrons. The number of fused-ring (bicyclic) bond motifs is 2. The number of oxazole rings is 2. The van der Waals surface area contributed by atoms with Gasteiger partial charge in [-0.25, -0.2) is 9.97 Å². The molecule has 0 fully saturated rings. The van der Waals surface area contributed by atoms with Crippen LogP contribution >= 0.6 is 0 Å². The van der Waals surface area contributed by atoms with E-state index in [0.717, 1.165) is 33.3 Å². The van der Waals surface area contributed by atoms with E-state index in [4.69, 9.17) is 23.7 Å². The first-order valence-electron chi connectivity index (χ1n) is 11.5. The zero-order valence-corrected chi connectivity index (χ0v) is 19.2. The number of nitrogens with one attached hydrogen (secondary N) is 1. The first kappa shape index (κ1) is 21.6. The summed E-state index contributed by atoms with van der Waals surface area (Å²) in [6.07, 6.45) is 0. The van der Waals surface area contributed by atoms with E-state index in [1.807, 2.05) is 97.1 Å². The zero-order valence-electron chi connectivity index (χ0n) is 19.2. The van der Waals surface area contributed by atoms with Crippen LogP contribution < -0.4 is 9.47 Å². The Balaban J connectivity index is 1.05. The van der Waals surface area contributed by atoms with Crippen LogP contribution in [-0.4, -0.2) is 15.7 Å². The van der Waals surface area contributed by atoms with E-state index < -0.39 is 0 Å². The monoisotopic (exact) mass is 475 g/mol. The third kappa shape index (κ3) is 4.54. The van der Waals surface area contributed by atoms with Crippen LogP contribution in [0.1, 0.15) is 22.9 Å². The van der Waals surface area contributed by atoms with Crippen molar-refractivity contribution in [2.45, 2.75) is 13.2 Å². The van der Waals surface area contributed by atoms with Gasteiger partial charge in [0.2, 0.25) is 11.8 Å². The molecule has 0 unspecified atom stereocenters. The van der Waals surface area contributed by atoms with Crippen LogP contribution in [0.2, 0.25) is 0 Å². The number of hydrogen-bond donors (Lipinski definition) is 1. The summed E-state index contributed by atoms with van der Waals surface area (Å²) in [4.78, 5) is 8.83. The van der Waals surface area contributed by atoms with Crippen molar-refractivity contribution < 1.29 is 18.3 Å². The Hall–Kier alpha value is -4.91. The first-order valence-corrected chi connectivity index (χ1v) is 11.5. The molecule has 0 spiro atoms. The molecular weight excluding hydrogens is 454 g/mol. The van der Waals surface area contributed by atoms with Crippen LogP contribution in [0.4, 0.5) is 0 Å². The highest BCUT2D eigenvalue weighted by atomic mass is 16.5. The summed E-state index contributed by atoms with van der Waals surface area (Å²) in [5.41, 5.74) is 5.06. The summed E-state index contributed by atoms with van der Waals surface area (Å²) in [7, 11) is 0. The molecular formula is C29H21N3O4. The maximum absolute atomic E-state index is 8.58. The molecule has 7 heteroatoms. The number of ether oxygens (including phenoxy) is 2. The van der Waals surface area contributed by atoms with Gasteiger partial charge in [0.25, 0.3) is 0 Å². The average Bonchev–Trinajstić information content (AvgIpc) is 3.54. The largest absolute Gasteiger partial charge is 0.484 e. The van der Waals surface area contributed by atoms with Gasteiger partial charge < -0.3 is 18.3 Å². The highest BCUT2D eigenvalue weighted by molar-refractivity contribution is 6.10. The summed E-state index contributed by atoms with van der Waals surface area (Å²) in [5, 5.41) is 8.58. The number of nitrogens with zero attached hydrogens (tertiary/aromatic N) is 2. The fraction of sp³-hybridized carbons (Fsp3) is 0.0690. The Morgan fingerprint density at radius 2 is 1.00 bits per heavy atom. The van der Waals surface area contributed by atoms with Crippen molar-refractivity contribution in [1.29, 1.82) is 5.41 Å². The van der Waals surface area contributed by atoms with E-state index in [9.17, 15) is 0 Å². The fourth-order valence-corrected chi connectivity index (χ4v) is 3.86. The highest BCUT2D eigenvalue weighted by Gasteiger charge is 2.09. The minimum absolute atomic E-state index is 0.233. The van der Waals surface area contributed by atoms with Crippen LogP contribution in [0.3, 0.4) is 0 Å². The molecule has 0 radical (unpaired) electrons. The van der Waals surface area contributed by atoms with Gasteiger partial charge in [0.05, 0.1) is 5.71 Å². The Bertz CT molecular complexity index is 1460. The molecule has 2 aromatic heterocycles. The van der Waals surface area contributed by atoms with Crippen molar-refractivity contribution in [2.24, 2.45) is 0 Å². The molecule has 0 aliphatic rings. The normalized spacial score (nSPS) is 11.1. The molecule has 0 aliphatic heterocycles. The summed E-state index contributed by atoms with van der Waals surface area (Å²) in [6, 6.07) is 30.0. The lowest BCUT2D eigenvalue weighted by Crippen LogP contribution is -2.02. The van der Waals surface area contributed by atoms with Gasteiger partial charge >= 0.3 is 0 Å². The van der Waals surface area contributed by atoms with Gasteiger partial charge in [0.1, 0.15) is 22.5 Å². The van der Waals surface area contributed by atoms with Crippen molar-refractivity contribution in [3.8, 4) is 11.5 Å². The molecule has 7 nitrogen and oxygen atoms in total. The van der Waals surface area contributed by atoms with Crippen LogP contribution in [0.5, 0.6) is 11.5 Å². The fourth-order valence-electron chi connectivity index (χ4n) is 3.86. The van der Waals surface area contributed by atoms with Crippen molar-refractivity contribution >= 4 is 27.9 Å². The molecule has 6 aromatic rings. The molecule has 6 rings (SSSR count). The van der Waals surface area contributed by atoms with E-state index in [-0.39, 0.29) is 13.2 Å². The maximum Gasteiger partial charge on any atom is 0.233 e. The predicted octanol–water partition coefficient (Wildman–Crippen LogP) is 6.54. The summed E-state index contributed by atoms with van der Waals surface area (Å²) >= 11 is 0. The van der Waals surface area contributed by atoms with Crippen LogP contribution in [-0.2, 0) is 13.2 Å². The van der Waals surface area contributed by atoms with Crippen LogP contribution in [0.15, 0.2) is 106 Å². The highest BCUT2D eigenvalue weighted by Crippen LogP contribution is 2.21. The maximum atomic E-state index is 8.58. The van der Waals surface area contributed by atoms with Crippen molar-refractivity contribution in [3.05, 3.63) is 120 Å². The second-order valence-electron chi connectivity index (χ2n) is 8.15. The van der Waals surface area contributed by atoms with E-state index in [1.54, 1.807) is 0 Å². The topological polar surface area (TPSA) is 94.4 Å². The lowest BCUT2D eigenvalue weighted by Gasteiger charge is -2.08. The molecule has 0 atom stereocenters. The summed E-state index contributed by atoms with van der Waals surface area (Å²) in [6.45, 7) is 0.465. The Morgan fingerprint density at radius 1 is 0.583 bits per heavy atom. The molecule has 0 saturated heterocycles. The molecule has 2 heterocycles. The van der Waals surface area contributed by atoms with E-state index in [0.29, 0.717) is 29.0 Å². The third-order valence-corrected chi connectivity index (χ3v) is 5.69. The van der Waals surface area contributed by atoms with Gasteiger partial charge in [-0.3, -0.25) is 5.41 Å². The average molecular weight is 476 g/mol. The smallest absolute Gasteiger partial charge is 0.233 e. The minimum Gasteiger partial charge on any atom is -0.484 e. The molecule has 0 saturated carbocycles. The van der Waals surface area contributed by atoms with Gasteiger partial charge in [0, 0.05) is 11.1 Å². The number of benzene rings is 4. The van der Waals surface area contributed by atoms with Crippen LogP contribution in [0.25, 0.3) is 22.2 Å². The Kier molecular flexibility index (Phi) is 5.63. The van der Waals surface area contributed by atoms with Crippen molar-refractivity contribution in [1.82, 2.24) is 9.97 Å². The minimum atomic E-state index is 0.233. The van der Waals surface area contributed by atoms with E-state index in [1.165, 1.54) is 0 Å². The van der Waals surface area contributed by atoms with Gasteiger partial charge in [0.15, 0.2) is 24.4 Å². The quantitative estimate of drug-likeness (QED) is 0.251. The van der Waals surface area contributed by atoms with E-state index in [2.05, 4.69) is 9.97 Å². The van der Waals surface area contributed by atoms with E-state index >= 15 is 0 Å². The molecule has 4 aromatic carbocycles. The number of rotatable bonds is 8. The van der Waals surface area contributed by atoms with Crippen LogP contribution in [0, 0.1) is 5.41 Å². The molecule has 36 heavy (non-hydrogen) atoms. The van der Waals surface area contributed by atoms with Crippen molar-refractivity contribution in [2.75, 3.05) is 0 Å². The second kappa shape index (κ2) is 9.38.